The van der Waals surface area contributed by atoms with Crippen molar-refractivity contribution in [1.82, 2.24) is 4.72 Å². The maximum absolute atomic E-state index is 13.8. The number of nitrogens with one attached hydrogen (secondary N) is 1. The molecule has 2 aromatic rings. The Kier molecular flexibility index (Phi) is 5.50. The minimum Gasteiger partial charge on any atom is -0.326 e. The van der Waals surface area contributed by atoms with Gasteiger partial charge in [0.15, 0.2) is 0 Å². The Balaban J connectivity index is 2.04. The van der Waals surface area contributed by atoms with Gasteiger partial charge in [0, 0.05) is 18.0 Å². The van der Waals surface area contributed by atoms with Gasteiger partial charge < -0.3 is 5.73 Å². The molecule has 1 heterocycles. The summed E-state index contributed by atoms with van der Waals surface area (Å²) in [7, 11) is -3.85. The van der Waals surface area contributed by atoms with Crippen LogP contribution in [0.2, 0.25) is 0 Å². The first-order valence-corrected chi connectivity index (χ1v) is 9.24. The molecule has 2 rings (SSSR count). The third-order valence-corrected chi connectivity index (χ3v) is 5.99. The highest BCUT2D eigenvalue weighted by Gasteiger charge is 2.18. The van der Waals surface area contributed by atoms with Crippen molar-refractivity contribution in [3.05, 3.63) is 50.4 Å². The average Bonchev–Trinajstić information content (AvgIpc) is 2.83. The molecule has 1 aromatic heterocycles. The molecule has 0 unspecified atom stereocenters. The first kappa shape index (κ1) is 16.6. The van der Waals surface area contributed by atoms with Crippen LogP contribution in [0.25, 0.3) is 0 Å². The lowest BCUT2D eigenvalue weighted by molar-refractivity contribution is 0.556. The van der Waals surface area contributed by atoms with Gasteiger partial charge in [-0.15, -0.1) is 11.3 Å². The zero-order valence-electron chi connectivity index (χ0n) is 11.0. The van der Waals surface area contributed by atoms with Crippen molar-refractivity contribution in [3.8, 4) is 0 Å². The molecule has 0 radical (unpaired) electrons. The van der Waals surface area contributed by atoms with Crippen LogP contribution in [-0.4, -0.2) is 15.0 Å². The summed E-state index contributed by atoms with van der Waals surface area (Å²) < 4.78 is 41.3. The van der Waals surface area contributed by atoms with Crippen LogP contribution in [0.5, 0.6) is 0 Å². The monoisotopic (exact) mass is 392 g/mol. The van der Waals surface area contributed by atoms with Crippen LogP contribution in [0.3, 0.4) is 0 Å². The molecule has 0 aliphatic carbocycles. The maximum Gasteiger partial charge on any atom is 0.243 e. The molecule has 0 fully saturated rings. The maximum atomic E-state index is 13.8. The lowest BCUT2D eigenvalue weighted by atomic mass is 10.2. The van der Waals surface area contributed by atoms with E-state index in [-0.39, 0.29) is 18.0 Å². The molecule has 0 bridgehead atoms. The molecule has 0 spiro atoms. The molecule has 8 heteroatoms. The Morgan fingerprint density at radius 2 is 2.05 bits per heavy atom. The van der Waals surface area contributed by atoms with Crippen LogP contribution >= 0.6 is 27.3 Å². The SMILES string of the molecule is NCc1ccc(S(=O)(=O)NCCc2ccc(Br)s2)c(F)c1. The average molecular weight is 393 g/mol. The molecule has 0 aliphatic heterocycles. The number of thiophene rings is 1. The summed E-state index contributed by atoms with van der Waals surface area (Å²) >= 11 is 4.88. The zero-order valence-corrected chi connectivity index (χ0v) is 14.2. The number of rotatable bonds is 6. The number of benzene rings is 1. The minimum atomic E-state index is -3.85. The standard InChI is InChI=1S/C13H14BrFN2O2S2/c14-13-4-2-10(20-13)5-6-17-21(18,19)12-3-1-9(8-16)7-11(12)15/h1-4,7,17H,5-6,8,16H2. The first-order valence-electron chi connectivity index (χ1n) is 6.15. The summed E-state index contributed by atoms with van der Waals surface area (Å²) in [5.41, 5.74) is 5.94. The lowest BCUT2D eigenvalue weighted by Crippen LogP contribution is -2.26. The van der Waals surface area contributed by atoms with Crippen molar-refractivity contribution in [1.29, 1.82) is 0 Å². The summed E-state index contributed by atoms with van der Waals surface area (Å²) in [6.45, 7) is 0.380. The van der Waals surface area contributed by atoms with Gasteiger partial charge in [-0.2, -0.15) is 0 Å². The molecule has 4 nitrogen and oxygen atoms in total. The highest BCUT2D eigenvalue weighted by molar-refractivity contribution is 9.11. The fourth-order valence-corrected chi connectivity index (χ4v) is 4.33. The molecule has 21 heavy (non-hydrogen) atoms. The van der Waals surface area contributed by atoms with E-state index in [0.717, 1.165) is 14.7 Å². The van der Waals surface area contributed by atoms with Gasteiger partial charge in [0.25, 0.3) is 0 Å². The topological polar surface area (TPSA) is 72.2 Å². The van der Waals surface area contributed by atoms with Crippen molar-refractivity contribution >= 4 is 37.3 Å². The first-order chi connectivity index (χ1) is 9.92. The Labute approximate surface area is 135 Å². The molecule has 0 amide bonds. The van der Waals surface area contributed by atoms with E-state index < -0.39 is 15.8 Å². The number of halogens is 2. The summed E-state index contributed by atoms with van der Waals surface area (Å²) in [6, 6.07) is 7.71. The molecular formula is C13H14BrFN2O2S2. The van der Waals surface area contributed by atoms with Gasteiger partial charge in [-0.3, -0.25) is 0 Å². The van der Waals surface area contributed by atoms with Crippen molar-refractivity contribution in [2.45, 2.75) is 17.9 Å². The van der Waals surface area contributed by atoms with E-state index in [1.165, 1.54) is 23.5 Å². The van der Waals surface area contributed by atoms with Gasteiger partial charge in [-0.05, 0) is 52.2 Å². The third-order valence-electron chi connectivity index (χ3n) is 2.81. The van der Waals surface area contributed by atoms with Gasteiger partial charge in [0.2, 0.25) is 10.0 Å². The second-order valence-electron chi connectivity index (χ2n) is 4.32. The van der Waals surface area contributed by atoms with Gasteiger partial charge >= 0.3 is 0 Å². The highest BCUT2D eigenvalue weighted by Crippen LogP contribution is 2.22. The number of hydrogen-bond donors (Lipinski definition) is 2. The predicted octanol–water partition coefficient (Wildman–Crippen LogP) is 2.63. The molecule has 0 atom stereocenters. The summed E-state index contributed by atoms with van der Waals surface area (Å²) in [4.78, 5) is 0.690. The van der Waals surface area contributed by atoms with E-state index in [9.17, 15) is 12.8 Å². The van der Waals surface area contributed by atoms with Crippen LogP contribution in [0.4, 0.5) is 4.39 Å². The Bertz CT molecular complexity index is 732. The fourth-order valence-electron chi connectivity index (χ4n) is 1.76. The fraction of sp³-hybridized carbons (Fsp3) is 0.231. The largest absolute Gasteiger partial charge is 0.326 e. The van der Waals surface area contributed by atoms with Gasteiger partial charge in [-0.1, -0.05) is 6.07 Å². The molecule has 0 saturated carbocycles. The van der Waals surface area contributed by atoms with Crippen LogP contribution in [-0.2, 0) is 23.0 Å². The predicted molar refractivity (Wildman–Crippen MR) is 85.2 cm³/mol. The minimum absolute atomic E-state index is 0.165. The highest BCUT2D eigenvalue weighted by atomic mass is 79.9. The zero-order chi connectivity index (χ0) is 15.5. The molecule has 114 valence electrons. The molecule has 1 aromatic carbocycles. The summed E-state index contributed by atoms with van der Waals surface area (Å²) in [5.74, 6) is -0.788. The van der Waals surface area contributed by atoms with E-state index in [2.05, 4.69) is 20.7 Å². The third kappa shape index (κ3) is 4.33. The van der Waals surface area contributed by atoms with Gasteiger partial charge in [0.05, 0.1) is 3.79 Å². The molecular weight excluding hydrogens is 379 g/mol. The molecule has 0 saturated heterocycles. The van der Waals surface area contributed by atoms with Crippen LogP contribution < -0.4 is 10.5 Å². The Morgan fingerprint density at radius 3 is 2.62 bits per heavy atom. The lowest BCUT2D eigenvalue weighted by Gasteiger charge is -2.08. The normalized spacial score (nSPS) is 11.8. The van der Waals surface area contributed by atoms with Gasteiger partial charge in [-0.25, -0.2) is 17.5 Å². The molecule has 0 aliphatic rings. The smallest absolute Gasteiger partial charge is 0.243 e. The van der Waals surface area contributed by atoms with Crippen LogP contribution in [0.1, 0.15) is 10.4 Å². The second-order valence-corrected chi connectivity index (χ2v) is 8.61. The van der Waals surface area contributed by atoms with E-state index in [4.69, 9.17) is 5.73 Å². The summed E-state index contributed by atoms with van der Waals surface area (Å²) in [5, 5.41) is 0. The second kappa shape index (κ2) is 6.97. The Morgan fingerprint density at radius 1 is 1.29 bits per heavy atom. The van der Waals surface area contributed by atoms with Crippen LogP contribution in [0, 0.1) is 5.82 Å². The van der Waals surface area contributed by atoms with Crippen molar-refractivity contribution in [2.24, 2.45) is 5.73 Å². The van der Waals surface area contributed by atoms with Crippen molar-refractivity contribution in [3.63, 3.8) is 0 Å². The van der Waals surface area contributed by atoms with E-state index in [0.29, 0.717) is 12.0 Å². The summed E-state index contributed by atoms with van der Waals surface area (Å²) in [6.07, 6.45) is 0.554. The van der Waals surface area contributed by atoms with E-state index >= 15 is 0 Å². The Hall–Kier alpha value is -0.800. The number of nitrogens with two attached hydrogens (primary N) is 1. The van der Waals surface area contributed by atoms with Gasteiger partial charge in [0.1, 0.15) is 10.7 Å². The van der Waals surface area contributed by atoms with Crippen molar-refractivity contribution < 1.29 is 12.8 Å². The van der Waals surface area contributed by atoms with Crippen LogP contribution in [0.15, 0.2) is 39.0 Å². The number of sulfonamides is 1. The quantitative estimate of drug-likeness (QED) is 0.793. The number of hydrogen-bond acceptors (Lipinski definition) is 4. The van der Waals surface area contributed by atoms with E-state index in [1.54, 1.807) is 0 Å². The van der Waals surface area contributed by atoms with Crippen molar-refractivity contribution in [2.75, 3.05) is 6.54 Å². The molecule has 3 N–H and O–H groups in total. The van der Waals surface area contributed by atoms with E-state index in [1.807, 2.05) is 12.1 Å².